The molecule has 6 heteroatoms. The quantitative estimate of drug-likeness (QED) is 0.287. The van der Waals surface area contributed by atoms with Crippen LogP contribution in [0.3, 0.4) is 0 Å². The molecule has 36 heavy (non-hydrogen) atoms. The maximum atomic E-state index is 13.4. The van der Waals surface area contributed by atoms with Gasteiger partial charge in [-0.25, -0.2) is 4.79 Å². The number of nitrogens with zero attached hydrogens (tertiary/aromatic N) is 1. The molecule has 2 atom stereocenters. The summed E-state index contributed by atoms with van der Waals surface area (Å²) in [6.07, 6.45) is 12.2. The second-order valence-corrected chi connectivity index (χ2v) is 10.7. The van der Waals surface area contributed by atoms with Gasteiger partial charge < -0.3 is 15.0 Å². The average molecular weight is 509 g/mol. The van der Waals surface area contributed by atoms with Gasteiger partial charge in [0.05, 0.1) is 7.11 Å². The van der Waals surface area contributed by atoms with Crippen LogP contribution in [0.2, 0.25) is 0 Å². The largest absolute Gasteiger partial charge is 0.467 e. The minimum absolute atomic E-state index is 0.256. The molecule has 2 aromatic carbocycles. The molecule has 0 spiro atoms. The summed E-state index contributed by atoms with van der Waals surface area (Å²) in [6, 6.07) is 13.5. The number of methoxy groups -OCH3 is 1. The van der Waals surface area contributed by atoms with E-state index in [1.165, 1.54) is 38.4 Å². The van der Waals surface area contributed by atoms with E-state index in [4.69, 9.17) is 4.74 Å². The van der Waals surface area contributed by atoms with Gasteiger partial charge in [-0.05, 0) is 105 Å². The summed E-state index contributed by atoms with van der Waals surface area (Å²) >= 11 is 1.64. The van der Waals surface area contributed by atoms with E-state index in [9.17, 15) is 9.59 Å². The predicted octanol–water partition coefficient (Wildman–Crippen LogP) is 5.86. The average Bonchev–Trinajstić information content (AvgIpc) is 2.90. The van der Waals surface area contributed by atoms with Crippen LogP contribution in [-0.2, 0) is 16.1 Å². The number of benzene rings is 2. The first kappa shape index (κ1) is 28.0. The fourth-order valence-corrected chi connectivity index (χ4v) is 5.22. The van der Waals surface area contributed by atoms with E-state index in [0.717, 1.165) is 35.5 Å². The molecule has 0 fully saturated rings. The summed E-state index contributed by atoms with van der Waals surface area (Å²) in [6.45, 7) is 3.91. The van der Waals surface area contributed by atoms with Crippen molar-refractivity contribution in [3.63, 3.8) is 0 Å². The highest BCUT2D eigenvalue weighted by Gasteiger charge is 2.24. The zero-order valence-corrected chi connectivity index (χ0v) is 22.9. The third-order valence-corrected chi connectivity index (χ3v) is 7.50. The first-order valence-electron chi connectivity index (χ1n) is 12.8. The van der Waals surface area contributed by atoms with Gasteiger partial charge in [0.2, 0.25) is 0 Å². The summed E-state index contributed by atoms with van der Waals surface area (Å²) in [7, 11) is 3.52. The van der Waals surface area contributed by atoms with Gasteiger partial charge in [0, 0.05) is 12.1 Å². The van der Waals surface area contributed by atoms with Crippen LogP contribution in [0.15, 0.2) is 54.6 Å². The Bertz CT molecular complexity index is 1050. The van der Waals surface area contributed by atoms with Crippen molar-refractivity contribution < 1.29 is 14.3 Å². The lowest BCUT2D eigenvalue weighted by Crippen LogP contribution is -2.42. The van der Waals surface area contributed by atoms with Crippen molar-refractivity contribution in [2.75, 3.05) is 32.7 Å². The zero-order valence-electron chi connectivity index (χ0n) is 22.1. The number of allylic oxidation sites excluding steroid dienone is 2. The summed E-state index contributed by atoms with van der Waals surface area (Å²) in [4.78, 5) is 28.1. The predicted molar refractivity (Wildman–Crippen MR) is 150 cm³/mol. The molecule has 1 N–H and O–H groups in total. The lowest BCUT2D eigenvalue weighted by atomic mass is 9.92. The van der Waals surface area contributed by atoms with Gasteiger partial charge in [-0.2, -0.15) is 11.8 Å². The van der Waals surface area contributed by atoms with Crippen LogP contribution in [0.25, 0.3) is 11.1 Å². The highest BCUT2D eigenvalue weighted by atomic mass is 32.2. The summed E-state index contributed by atoms with van der Waals surface area (Å²) < 4.78 is 4.94. The van der Waals surface area contributed by atoms with Crippen molar-refractivity contribution in [2.24, 2.45) is 5.92 Å². The number of carbonyl (C=O) groups is 2. The summed E-state index contributed by atoms with van der Waals surface area (Å²) in [5.41, 5.74) is 4.76. The lowest BCUT2D eigenvalue weighted by Gasteiger charge is -2.22. The van der Waals surface area contributed by atoms with Crippen LogP contribution in [-0.4, -0.2) is 55.5 Å². The van der Waals surface area contributed by atoms with Crippen LogP contribution < -0.4 is 5.32 Å². The van der Waals surface area contributed by atoms with Crippen LogP contribution in [0.4, 0.5) is 0 Å². The van der Waals surface area contributed by atoms with E-state index in [1.54, 1.807) is 11.8 Å². The van der Waals surface area contributed by atoms with E-state index < -0.39 is 12.0 Å². The number of carbonyl (C=O) groups excluding carboxylic acids is 2. The Morgan fingerprint density at radius 2 is 2.00 bits per heavy atom. The van der Waals surface area contributed by atoms with Crippen molar-refractivity contribution in [1.29, 1.82) is 0 Å². The Kier molecular flexibility index (Phi) is 11.1. The summed E-state index contributed by atoms with van der Waals surface area (Å²) in [5.74, 6) is 0.769. The maximum absolute atomic E-state index is 13.4. The second-order valence-electron chi connectivity index (χ2n) is 9.67. The lowest BCUT2D eigenvalue weighted by molar-refractivity contribution is -0.142. The van der Waals surface area contributed by atoms with Gasteiger partial charge in [-0.15, -0.1) is 0 Å². The number of thioether (sulfide) groups is 1. The number of nitrogens with one attached hydrogen (secondary N) is 1. The number of aryl methyl sites for hydroxylation is 1. The number of hydrogen-bond acceptors (Lipinski definition) is 5. The second kappa shape index (κ2) is 14.2. The monoisotopic (exact) mass is 508 g/mol. The van der Waals surface area contributed by atoms with E-state index in [-0.39, 0.29) is 5.91 Å². The van der Waals surface area contributed by atoms with Crippen molar-refractivity contribution in [3.8, 4) is 11.1 Å². The van der Waals surface area contributed by atoms with Gasteiger partial charge in [0.15, 0.2) is 0 Å². The molecule has 194 valence electrons. The smallest absolute Gasteiger partial charge is 0.328 e. The molecule has 1 aliphatic rings. The highest BCUT2D eigenvalue weighted by molar-refractivity contribution is 7.98. The van der Waals surface area contributed by atoms with Crippen molar-refractivity contribution >= 4 is 23.6 Å². The first-order valence-corrected chi connectivity index (χ1v) is 14.2. The minimum atomic E-state index is -0.667. The molecule has 0 aromatic heterocycles. The third kappa shape index (κ3) is 7.97. The number of hydrogen-bond donors (Lipinski definition) is 1. The van der Waals surface area contributed by atoms with Crippen LogP contribution in [0, 0.1) is 12.8 Å². The van der Waals surface area contributed by atoms with E-state index in [2.05, 4.69) is 54.5 Å². The molecule has 1 unspecified atom stereocenters. The SMILES string of the molecule is COC(=O)[C@H](CCSC)NC(=O)c1ccc(CN(C)CCC2C=CCCC2)cc1-c1ccccc1C. The van der Waals surface area contributed by atoms with Crippen LogP contribution >= 0.6 is 11.8 Å². The number of rotatable bonds is 12. The van der Waals surface area contributed by atoms with Gasteiger partial charge in [-0.3, -0.25) is 4.79 Å². The molecule has 0 bridgehead atoms. The third-order valence-electron chi connectivity index (χ3n) is 6.85. The highest BCUT2D eigenvalue weighted by Crippen LogP contribution is 2.29. The molecule has 2 aromatic rings. The molecule has 0 saturated heterocycles. The molecule has 0 aliphatic heterocycles. The number of amides is 1. The fraction of sp³-hybridized carbons (Fsp3) is 0.467. The van der Waals surface area contributed by atoms with Crippen molar-refractivity contribution in [1.82, 2.24) is 10.2 Å². The molecule has 0 heterocycles. The molecule has 1 aliphatic carbocycles. The van der Waals surface area contributed by atoms with Crippen molar-refractivity contribution in [2.45, 2.75) is 51.6 Å². The first-order chi connectivity index (χ1) is 17.4. The standard InChI is InChI=1S/C30H40N2O3S/c1-22-10-8-9-13-25(22)27-20-24(21-32(2)18-16-23-11-6-5-7-12-23)14-15-26(27)29(33)31-28(17-19-36-4)30(34)35-3/h6,8-11,13-15,20,23,28H,5,7,12,16-19,21H2,1-4H3,(H,31,33)/t23?,28-/m0/s1. The van der Waals surface area contributed by atoms with Crippen LogP contribution in [0.1, 0.15) is 53.6 Å². The van der Waals surface area contributed by atoms with E-state index in [1.807, 2.05) is 30.5 Å². The minimum Gasteiger partial charge on any atom is -0.467 e. The topological polar surface area (TPSA) is 58.6 Å². The maximum Gasteiger partial charge on any atom is 0.328 e. The number of esters is 1. The molecule has 5 nitrogen and oxygen atoms in total. The fourth-order valence-electron chi connectivity index (χ4n) is 4.75. The molecule has 0 saturated carbocycles. The normalized spacial score (nSPS) is 16.1. The molecular formula is C30H40N2O3S. The Morgan fingerprint density at radius 1 is 1.19 bits per heavy atom. The van der Waals surface area contributed by atoms with Gasteiger partial charge in [-0.1, -0.05) is 42.5 Å². The van der Waals surface area contributed by atoms with E-state index in [0.29, 0.717) is 17.9 Å². The Hall–Kier alpha value is -2.57. The van der Waals surface area contributed by atoms with Gasteiger partial charge in [0.1, 0.15) is 6.04 Å². The molecule has 3 rings (SSSR count). The molecule has 1 amide bonds. The number of ether oxygens (including phenoxy) is 1. The van der Waals surface area contributed by atoms with Crippen molar-refractivity contribution in [3.05, 3.63) is 71.3 Å². The zero-order chi connectivity index (χ0) is 25.9. The molecule has 0 radical (unpaired) electrons. The molecular weight excluding hydrogens is 468 g/mol. The Labute approximate surface area is 220 Å². The van der Waals surface area contributed by atoms with Crippen LogP contribution in [0.5, 0.6) is 0 Å². The van der Waals surface area contributed by atoms with Gasteiger partial charge in [0.25, 0.3) is 5.91 Å². The van der Waals surface area contributed by atoms with Gasteiger partial charge >= 0.3 is 5.97 Å². The Balaban J connectivity index is 1.82. The summed E-state index contributed by atoms with van der Waals surface area (Å²) in [5, 5.41) is 2.92. The Morgan fingerprint density at radius 3 is 2.69 bits per heavy atom. The van der Waals surface area contributed by atoms with E-state index >= 15 is 0 Å².